The number of carbonyl (C=O) groups is 1. The third kappa shape index (κ3) is 7.61. The molecule has 0 fully saturated rings. The van der Waals surface area contributed by atoms with E-state index in [9.17, 15) is 9.18 Å². The topological polar surface area (TPSA) is 65.5 Å². The minimum atomic E-state index is -0.252. The number of nitrogens with one attached hydrogen (secondary N) is 3. The zero-order valence-corrected chi connectivity index (χ0v) is 13.7. The second kappa shape index (κ2) is 8.36. The van der Waals surface area contributed by atoms with Crippen molar-refractivity contribution in [3.05, 3.63) is 35.6 Å². The Bertz CT molecular complexity index is 506. The van der Waals surface area contributed by atoms with E-state index in [4.69, 9.17) is 0 Å². The van der Waals surface area contributed by atoms with Gasteiger partial charge in [0.2, 0.25) is 5.91 Å². The second-order valence-corrected chi connectivity index (χ2v) is 6.03. The zero-order valence-electron chi connectivity index (χ0n) is 13.7. The standard InChI is InChI=1S/C16H25FN4O/c1-16(2,3)21-14(22)11-20-15(18-4)19-10-9-12-5-7-13(17)8-6-12/h5-8H,9-11H2,1-4H3,(H,21,22)(H2,18,19,20). The van der Waals surface area contributed by atoms with Crippen LogP contribution in [-0.2, 0) is 11.2 Å². The number of amides is 1. The second-order valence-electron chi connectivity index (χ2n) is 6.03. The number of carbonyl (C=O) groups excluding carboxylic acids is 1. The molecule has 0 aromatic heterocycles. The Balaban J connectivity index is 2.31. The lowest BCUT2D eigenvalue weighted by Gasteiger charge is -2.21. The van der Waals surface area contributed by atoms with Crippen LogP contribution >= 0.6 is 0 Å². The maximum atomic E-state index is 12.8. The van der Waals surface area contributed by atoms with Gasteiger partial charge >= 0.3 is 0 Å². The first-order valence-electron chi connectivity index (χ1n) is 7.30. The Hall–Kier alpha value is -2.11. The fraction of sp³-hybridized carbons (Fsp3) is 0.500. The normalized spacial score (nSPS) is 12.0. The average molecular weight is 308 g/mol. The van der Waals surface area contributed by atoms with Gasteiger partial charge in [0.15, 0.2) is 5.96 Å². The molecule has 1 aromatic carbocycles. The molecule has 0 heterocycles. The summed E-state index contributed by atoms with van der Waals surface area (Å²) in [5.74, 6) is 0.235. The molecule has 0 atom stereocenters. The molecule has 1 rings (SSSR count). The molecule has 0 unspecified atom stereocenters. The summed E-state index contributed by atoms with van der Waals surface area (Å²) in [6.07, 6.45) is 0.745. The molecule has 0 spiro atoms. The van der Waals surface area contributed by atoms with E-state index < -0.39 is 0 Å². The summed E-state index contributed by atoms with van der Waals surface area (Å²) in [6, 6.07) is 6.40. The van der Waals surface area contributed by atoms with E-state index in [1.165, 1.54) is 12.1 Å². The van der Waals surface area contributed by atoms with Crippen LogP contribution in [0, 0.1) is 5.82 Å². The third-order valence-corrected chi connectivity index (χ3v) is 2.77. The molecule has 5 nitrogen and oxygen atoms in total. The fourth-order valence-corrected chi connectivity index (χ4v) is 1.82. The largest absolute Gasteiger partial charge is 0.356 e. The number of rotatable bonds is 5. The molecular formula is C16H25FN4O. The van der Waals surface area contributed by atoms with Crippen LogP contribution in [0.25, 0.3) is 0 Å². The maximum Gasteiger partial charge on any atom is 0.239 e. The number of guanidine groups is 1. The summed E-state index contributed by atoms with van der Waals surface area (Å²) in [5.41, 5.74) is 0.785. The molecule has 3 N–H and O–H groups in total. The molecule has 0 saturated heterocycles. The predicted molar refractivity (Wildman–Crippen MR) is 87.4 cm³/mol. The summed E-state index contributed by atoms with van der Waals surface area (Å²) >= 11 is 0. The molecule has 22 heavy (non-hydrogen) atoms. The van der Waals surface area contributed by atoms with Crippen molar-refractivity contribution in [2.24, 2.45) is 4.99 Å². The van der Waals surface area contributed by atoms with Gasteiger partial charge in [0.1, 0.15) is 5.82 Å². The van der Waals surface area contributed by atoms with Crippen LogP contribution in [-0.4, -0.2) is 37.5 Å². The van der Waals surface area contributed by atoms with Gasteiger partial charge in [-0.2, -0.15) is 0 Å². The Morgan fingerprint density at radius 3 is 2.36 bits per heavy atom. The average Bonchev–Trinajstić information content (AvgIpc) is 2.42. The van der Waals surface area contributed by atoms with Gasteiger partial charge in [0, 0.05) is 19.1 Å². The first-order valence-corrected chi connectivity index (χ1v) is 7.30. The van der Waals surface area contributed by atoms with Gasteiger partial charge in [0.05, 0.1) is 6.54 Å². The van der Waals surface area contributed by atoms with Gasteiger partial charge in [0.25, 0.3) is 0 Å². The van der Waals surface area contributed by atoms with E-state index in [-0.39, 0.29) is 23.8 Å². The molecule has 6 heteroatoms. The Morgan fingerprint density at radius 1 is 1.18 bits per heavy atom. The molecule has 0 aliphatic carbocycles. The molecule has 0 aliphatic heterocycles. The van der Waals surface area contributed by atoms with Crippen molar-refractivity contribution in [2.45, 2.75) is 32.7 Å². The van der Waals surface area contributed by atoms with E-state index in [1.807, 2.05) is 20.8 Å². The van der Waals surface area contributed by atoms with E-state index >= 15 is 0 Å². The Kier molecular flexibility index (Phi) is 6.82. The molecule has 0 bridgehead atoms. The number of hydrogen-bond donors (Lipinski definition) is 3. The molecule has 0 aliphatic rings. The van der Waals surface area contributed by atoms with Crippen molar-refractivity contribution in [3.63, 3.8) is 0 Å². The van der Waals surface area contributed by atoms with Gasteiger partial charge in [-0.1, -0.05) is 12.1 Å². The van der Waals surface area contributed by atoms with Crippen molar-refractivity contribution in [2.75, 3.05) is 20.1 Å². The lowest BCUT2D eigenvalue weighted by atomic mass is 10.1. The summed E-state index contributed by atoms with van der Waals surface area (Å²) in [4.78, 5) is 15.8. The Morgan fingerprint density at radius 2 is 1.82 bits per heavy atom. The number of hydrogen-bond acceptors (Lipinski definition) is 2. The lowest BCUT2D eigenvalue weighted by Crippen LogP contribution is -2.48. The molecule has 0 saturated carbocycles. The van der Waals surface area contributed by atoms with E-state index in [0.717, 1.165) is 12.0 Å². The predicted octanol–water partition coefficient (Wildman–Crippen LogP) is 1.45. The van der Waals surface area contributed by atoms with Crippen molar-refractivity contribution >= 4 is 11.9 Å². The highest BCUT2D eigenvalue weighted by Gasteiger charge is 2.13. The van der Waals surface area contributed by atoms with Crippen LogP contribution in [0.2, 0.25) is 0 Å². The molecule has 1 amide bonds. The fourth-order valence-electron chi connectivity index (χ4n) is 1.82. The third-order valence-electron chi connectivity index (χ3n) is 2.77. The smallest absolute Gasteiger partial charge is 0.239 e. The van der Waals surface area contributed by atoms with Crippen molar-refractivity contribution in [3.8, 4) is 0 Å². The number of nitrogens with zero attached hydrogens (tertiary/aromatic N) is 1. The highest BCUT2D eigenvalue weighted by molar-refractivity contribution is 5.86. The number of halogens is 1. The maximum absolute atomic E-state index is 12.8. The SMILES string of the molecule is CN=C(NCCc1ccc(F)cc1)NCC(=O)NC(C)(C)C. The quantitative estimate of drug-likeness (QED) is 0.570. The first kappa shape index (κ1) is 17.9. The van der Waals surface area contributed by atoms with Crippen molar-refractivity contribution < 1.29 is 9.18 Å². The Labute approximate surface area is 131 Å². The first-order chi connectivity index (χ1) is 10.3. The van der Waals surface area contributed by atoms with Crippen LogP contribution in [0.5, 0.6) is 0 Å². The van der Waals surface area contributed by atoms with Gasteiger partial charge in [-0.05, 0) is 44.9 Å². The van der Waals surface area contributed by atoms with E-state index in [1.54, 1.807) is 19.2 Å². The minimum Gasteiger partial charge on any atom is -0.356 e. The van der Waals surface area contributed by atoms with Crippen molar-refractivity contribution in [1.82, 2.24) is 16.0 Å². The number of benzene rings is 1. The lowest BCUT2D eigenvalue weighted by molar-refractivity contribution is -0.121. The summed E-state index contributed by atoms with van der Waals surface area (Å²) < 4.78 is 12.8. The zero-order chi connectivity index (χ0) is 16.6. The monoisotopic (exact) mass is 308 g/mol. The minimum absolute atomic E-state index is 0.0889. The van der Waals surface area contributed by atoms with Crippen LogP contribution in [0.3, 0.4) is 0 Å². The summed E-state index contributed by atoms with van der Waals surface area (Å²) in [7, 11) is 1.65. The van der Waals surface area contributed by atoms with Gasteiger partial charge < -0.3 is 16.0 Å². The molecule has 1 aromatic rings. The van der Waals surface area contributed by atoms with Gasteiger partial charge in [-0.25, -0.2) is 4.39 Å². The molecular weight excluding hydrogens is 283 g/mol. The highest BCUT2D eigenvalue weighted by atomic mass is 19.1. The van der Waals surface area contributed by atoms with E-state index in [0.29, 0.717) is 12.5 Å². The van der Waals surface area contributed by atoms with Crippen LogP contribution in [0.15, 0.2) is 29.3 Å². The van der Waals surface area contributed by atoms with Crippen LogP contribution in [0.1, 0.15) is 26.3 Å². The van der Waals surface area contributed by atoms with Crippen LogP contribution < -0.4 is 16.0 Å². The van der Waals surface area contributed by atoms with E-state index in [2.05, 4.69) is 20.9 Å². The number of aliphatic imine (C=N–C) groups is 1. The summed E-state index contributed by atoms with van der Waals surface area (Å²) in [6.45, 7) is 6.60. The molecule has 0 radical (unpaired) electrons. The van der Waals surface area contributed by atoms with Gasteiger partial charge in [-0.3, -0.25) is 9.79 Å². The van der Waals surface area contributed by atoms with Crippen LogP contribution in [0.4, 0.5) is 4.39 Å². The van der Waals surface area contributed by atoms with Crippen molar-refractivity contribution in [1.29, 1.82) is 0 Å². The van der Waals surface area contributed by atoms with Gasteiger partial charge in [-0.15, -0.1) is 0 Å². The molecule has 122 valence electrons. The summed E-state index contributed by atoms with van der Waals surface area (Å²) in [5, 5.41) is 8.94. The highest BCUT2D eigenvalue weighted by Crippen LogP contribution is 2.02.